The normalized spacial score (nSPS) is 11.1. The predicted molar refractivity (Wildman–Crippen MR) is 91.3 cm³/mol. The molecule has 0 atom stereocenters. The second-order valence-corrected chi connectivity index (χ2v) is 5.61. The third-order valence-electron chi connectivity index (χ3n) is 3.21. The summed E-state index contributed by atoms with van der Waals surface area (Å²) in [5.74, 6) is 0. The molecule has 0 amide bonds. The highest BCUT2D eigenvalue weighted by atomic mass is 15.0. The second kappa shape index (κ2) is 6.37. The van der Waals surface area contributed by atoms with Crippen molar-refractivity contribution in [3.8, 4) is 0 Å². The quantitative estimate of drug-likeness (QED) is 0.523. The van der Waals surface area contributed by atoms with Gasteiger partial charge in [0.05, 0.1) is 0 Å². The zero-order valence-electron chi connectivity index (χ0n) is 12.3. The number of hydrogen-bond acceptors (Lipinski definition) is 5. The number of nitrogens with two attached hydrogens (primary N) is 3. The van der Waals surface area contributed by atoms with Crippen LogP contribution in [-0.2, 0) is 0 Å². The minimum Gasteiger partial charge on any atom is -0.399 e. The fraction of sp³-hybridized carbons (Fsp3) is 0.250. The molecule has 0 aliphatic rings. The zero-order chi connectivity index (χ0) is 15.3. The molecule has 0 aliphatic carbocycles. The van der Waals surface area contributed by atoms with Gasteiger partial charge in [-0.15, -0.1) is 0 Å². The molecule has 2 aromatic rings. The summed E-state index contributed by atoms with van der Waals surface area (Å²) >= 11 is 0. The highest BCUT2D eigenvalue weighted by Gasteiger charge is 2.17. The summed E-state index contributed by atoms with van der Waals surface area (Å²) < 4.78 is 0. The first-order valence-corrected chi connectivity index (χ1v) is 6.92. The van der Waals surface area contributed by atoms with Gasteiger partial charge in [0.15, 0.2) is 0 Å². The van der Waals surface area contributed by atoms with Gasteiger partial charge >= 0.3 is 0 Å². The molecular formula is C16H23N5. The molecular weight excluding hydrogens is 262 g/mol. The Morgan fingerprint density at radius 3 is 1.43 bits per heavy atom. The molecule has 0 aliphatic heterocycles. The maximum atomic E-state index is 6.30. The van der Waals surface area contributed by atoms with E-state index >= 15 is 0 Å². The van der Waals surface area contributed by atoms with E-state index < -0.39 is 0 Å². The molecule has 2 rings (SSSR count). The van der Waals surface area contributed by atoms with Gasteiger partial charge in [0.2, 0.25) is 0 Å². The summed E-state index contributed by atoms with van der Waals surface area (Å²) in [4.78, 5) is 0. The van der Waals surface area contributed by atoms with E-state index in [4.69, 9.17) is 17.2 Å². The number of anilines is 4. The van der Waals surface area contributed by atoms with E-state index in [1.807, 2.05) is 55.5 Å². The Hall–Kier alpha value is -2.40. The smallest absolute Gasteiger partial charge is 0.0476 e. The predicted octanol–water partition coefficient (Wildman–Crippen LogP) is 2.09. The van der Waals surface area contributed by atoms with E-state index in [0.717, 1.165) is 22.7 Å². The molecule has 8 N–H and O–H groups in total. The average molecular weight is 285 g/mol. The average Bonchev–Trinajstić information content (AvgIpc) is 2.46. The van der Waals surface area contributed by atoms with E-state index in [1.54, 1.807) is 0 Å². The van der Waals surface area contributed by atoms with Crippen LogP contribution in [0.15, 0.2) is 48.5 Å². The molecule has 0 radical (unpaired) electrons. The SMILES string of the molecule is CC(N)(CNc1ccc(N)cc1)CNc1ccc(N)cc1. The molecule has 21 heavy (non-hydrogen) atoms. The van der Waals surface area contributed by atoms with Crippen LogP contribution in [0.4, 0.5) is 22.7 Å². The van der Waals surface area contributed by atoms with Crippen LogP contribution < -0.4 is 27.8 Å². The summed E-state index contributed by atoms with van der Waals surface area (Å²) in [6.07, 6.45) is 0. The number of nitrogen functional groups attached to an aromatic ring is 2. The lowest BCUT2D eigenvalue weighted by atomic mass is 10.0. The largest absolute Gasteiger partial charge is 0.399 e. The lowest BCUT2D eigenvalue weighted by Crippen LogP contribution is -2.49. The van der Waals surface area contributed by atoms with Crippen LogP contribution in [0.2, 0.25) is 0 Å². The lowest BCUT2D eigenvalue weighted by molar-refractivity contribution is 0.522. The molecule has 2 aromatic carbocycles. The van der Waals surface area contributed by atoms with E-state index in [0.29, 0.717) is 13.1 Å². The first kappa shape index (κ1) is 15.0. The molecule has 0 saturated heterocycles. The zero-order valence-corrected chi connectivity index (χ0v) is 12.3. The maximum absolute atomic E-state index is 6.30. The van der Waals surface area contributed by atoms with Gasteiger partial charge in [-0.05, 0) is 55.5 Å². The van der Waals surface area contributed by atoms with Gasteiger partial charge in [-0.2, -0.15) is 0 Å². The van der Waals surface area contributed by atoms with Crippen molar-refractivity contribution in [2.75, 3.05) is 35.2 Å². The van der Waals surface area contributed by atoms with Gasteiger partial charge in [-0.3, -0.25) is 0 Å². The summed E-state index contributed by atoms with van der Waals surface area (Å²) in [7, 11) is 0. The van der Waals surface area contributed by atoms with Crippen LogP contribution in [-0.4, -0.2) is 18.6 Å². The number of benzene rings is 2. The number of nitrogens with one attached hydrogen (secondary N) is 2. The molecule has 5 heteroatoms. The van der Waals surface area contributed by atoms with Crippen LogP contribution in [0, 0.1) is 0 Å². The molecule has 0 aromatic heterocycles. The summed E-state index contributed by atoms with van der Waals surface area (Å²) in [5.41, 5.74) is 20.7. The van der Waals surface area contributed by atoms with Crippen molar-refractivity contribution >= 4 is 22.7 Å². The van der Waals surface area contributed by atoms with Crippen LogP contribution in [0.1, 0.15) is 6.92 Å². The van der Waals surface area contributed by atoms with Crippen molar-refractivity contribution in [2.24, 2.45) is 5.73 Å². The van der Waals surface area contributed by atoms with Crippen molar-refractivity contribution in [1.29, 1.82) is 0 Å². The Morgan fingerprint density at radius 1 is 0.762 bits per heavy atom. The Kier molecular flexibility index (Phi) is 4.55. The van der Waals surface area contributed by atoms with Gasteiger partial charge < -0.3 is 27.8 Å². The molecule has 0 spiro atoms. The Morgan fingerprint density at radius 2 is 1.10 bits per heavy atom. The third kappa shape index (κ3) is 4.89. The maximum Gasteiger partial charge on any atom is 0.0476 e. The van der Waals surface area contributed by atoms with E-state index in [1.165, 1.54) is 0 Å². The summed E-state index contributed by atoms with van der Waals surface area (Å²) in [6, 6.07) is 15.2. The first-order chi connectivity index (χ1) is 9.94. The van der Waals surface area contributed by atoms with Crippen LogP contribution in [0.3, 0.4) is 0 Å². The Balaban J connectivity index is 1.83. The molecule has 5 nitrogen and oxygen atoms in total. The lowest BCUT2D eigenvalue weighted by Gasteiger charge is -2.26. The number of hydrogen-bond donors (Lipinski definition) is 5. The molecule has 0 saturated carbocycles. The van der Waals surface area contributed by atoms with Crippen LogP contribution in [0.5, 0.6) is 0 Å². The Labute approximate surface area is 125 Å². The van der Waals surface area contributed by atoms with Gasteiger partial charge in [0.1, 0.15) is 0 Å². The van der Waals surface area contributed by atoms with Crippen molar-refractivity contribution < 1.29 is 0 Å². The van der Waals surface area contributed by atoms with Gasteiger partial charge in [-0.25, -0.2) is 0 Å². The fourth-order valence-corrected chi connectivity index (χ4v) is 1.87. The van der Waals surface area contributed by atoms with Gasteiger partial charge in [0.25, 0.3) is 0 Å². The minimum absolute atomic E-state index is 0.386. The van der Waals surface area contributed by atoms with E-state index in [9.17, 15) is 0 Å². The first-order valence-electron chi connectivity index (χ1n) is 6.92. The minimum atomic E-state index is -0.386. The molecule has 112 valence electrons. The topological polar surface area (TPSA) is 102 Å². The Bertz CT molecular complexity index is 509. The van der Waals surface area contributed by atoms with Crippen molar-refractivity contribution in [3.05, 3.63) is 48.5 Å². The van der Waals surface area contributed by atoms with Crippen LogP contribution in [0.25, 0.3) is 0 Å². The molecule has 0 unspecified atom stereocenters. The van der Waals surface area contributed by atoms with Crippen LogP contribution >= 0.6 is 0 Å². The second-order valence-electron chi connectivity index (χ2n) is 5.61. The van der Waals surface area contributed by atoms with Crippen molar-refractivity contribution in [1.82, 2.24) is 0 Å². The summed E-state index contributed by atoms with van der Waals surface area (Å²) in [6.45, 7) is 3.30. The number of rotatable bonds is 6. The third-order valence-corrected chi connectivity index (χ3v) is 3.21. The standard InChI is InChI=1S/C16H23N5/c1-16(19,10-20-14-6-2-12(17)3-7-14)11-21-15-8-4-13(18)5-9-15/h2-9,20-21H,10-11,17-19H2,1H3. The summed E-state index contributed by atoms with van der Waals surface area (Å²) in [5, 5.41) is 6.63. The monoisotopic (exact) mass is 285 g/mol. The van der Waals surface area contributed by atoms with Crippen molar-refractivity contribution in [2.45, 2.75) is 12.5 Å². The van der Waals surface area contributed by atoms with Gasteiger partial charge in [0, 0.05) is 41.4 Å². The highest BCUT2D eigenvalue weighted by molar-refractivity contribution is 5.52. The fourth-order valence-electron chi connectivity index (χ4n) is 1.87. The molecule has 0 bridgehead atoms. The van der Waals surface area contributed by atoms with Gasteiger partial charge in [-0.1, -0.05) is 0 Å². The molecule has 0 heterocycles. The van der Waals surface area contributed by atoms with E-state index in [-0.39, 0.29) is 5.54 Å². The highest BCUT2D eigenvalue weighted by Crippen LogP contribution is 2.14. The molecule has 0 fully saturated rings. The van der Waals surface area contributed by atoms with Crippen molar-refractivity contribution in [3.63, 3.8) is 0 Å². The van der Waals surface area contributed by atoms with E-state index in [2.05, 4.69) is 10.6 Å².